The van der Waals surface area contributed by atoms with Gasteiger partial charge in [-0.15, -0.1) is 22.7 Å². The number of hydrogen-bond acceptors (Lipinski definition) is 6. The third-order valence-electron chi connectivity index (χ3n) is 4.13. The molecule has 1 amide bonds. The highest BCUT2D eigenvalue weighted by atomic mass is 32.1. The van der Waals surface area contributed by atoms with Gasteiger partial charge in [0.15, 0.2) is 0 Å². The van der Waals surface area contributed by atoms with Gasteiger partial charge in [0.2, 0.25) is 5.91 Å². The third kappa shape index (κ3) is 4.05. The summed E-state index contributed by atoms with van der Waals surface area (Å²) in [6, 6.07) is 12.2. The minimum Gasteiger partial charge on any atom is -0.508 e. The van der Waals surface area contributed by atoms with Gasteiger partial charge >= 0.3 is 9.20 Å². The summed E-state index contributed by atoms with van der Waals surface area (Å²) < 4.78 is 1.41. The Morgan fingerprint density at radius 1 is 1.07 bits per heavy atom. The number of amides is 1. The first kappa shape index (κ1) is 20.3. The van der Waals surface area contributed by atoms with E-state index in [-0.39, 0.29) is 17.4 Å². The molecule has 0 bridgehead atoms. The smallest absolute Gasteiger partial charge is 0.341 e. The van der Waals surface area contributed by atoms with Gasteiger partial charge in [-0.2, -0.15) is 0 Å². The number of nitrogens with zero attached hydrogens (tertiary/aromatic N) is 1. The van der Waals surface area contributed by atoms with Crippen molar-refractivity contribution in [2.24, 2.45) is 0 Å². The minimum atomic E-state index is -1.98. The van der Waals surface area contributed by atoms with E-state index in [0.29, 0.717) is 17.7 Å². The summed E-state index contributed by atoms with van der Waals surface area (Å²) in [7, 11) is -1.98. The van der Waals surface area contributed by atoms with E-state index in [9.17, 15) is 19.8 Å². The number of hydrogen-bond donors (Lipinski definition) is 3. The Balaban J connectivity index is 1.89. The van der Waals surface area contributed by atoms with Crippen LogP contribution in [0, 0.1) is 0 Å². The summed E-state index contributed by atoms with van der Waals surface area (Å²) in [5, 5.41) is 19.7. The number of carbonyl (C=O) groups excluding carboxylic acids is 1. The molecule has 2 aromatic heterocycles. The molecule has 5 nitrogen and oxygen atoms in total. The number of benzene rings is 1. The maximum Gasteiger partial charge on any atom is 0.341 e. The number of carbonyl (C=O) groups is 1. The molecule has 0 spiro atoms. The quantitative estimate of drug-likeness (QED) is 0.385. The Morgan fingerprint density at radius 2 is 1.71 bits per heavy atom. The molecule has 28 heavy (non-hydrogen) atoms. The van der Waals surface area contributed by atoms with E-state index in [1.165, 1.54) is 45.4 Å². The number of aromatic hydroxyl groups is 2. The van der Waals surface area contributed by atoms with Gasteiger partial charge in [-0.3, -0.25) is 4.79 Å². The van der Waals surface area contributed by atoms with E-state index in [2.05, 4.69) is 6.58 Å². The predicted molar refractivity (Wildman–Crippen MR) is 116 cm³/mol. The van der Waals surface area contributed by atoms with E-state index in [1.807, 2.05) is 24.3 Å². The topological polar surface area (TPSA) is 81.0 Å². The molecule has 2 heterocycles. The second-order valence-corrected chi connectivity index (χ2v) is 9.82. The Bertz CT molecular complexity index is 1020. The van der Waals surface area contributed by atoms with Gasteiger partial charge in [0, 0.05) is 32.3 Å². The molecule has 0 atom stereocenters. The molecule has 0 unspecified atom stereocenters. The van der Waals surface area contributed by atoms with E-state index in [1.54, 1.807) is 13.5 Å². The average molecular weight is 431 g/mol. The SMILES string of the molecule is C=C(c1ccc(-c2ccc(-c3cc(O)ccc3O)s2)s1)N(C(=O)CC)[Si](C)O. The molecule has 3 aromatic rings. The van der Waals surface area contributed by atoms with Gasteiger partial charge < -0.3 is 19.6 Å². The fourth-order valence-electron chi connectivity index (χ4n) is 2.76. The first-order valence-electron chi connectivity index (χ1n) is 8.59. The van der Waals surface area contributed by atoms with Gasteiger partial charge in [0.25, 0.3) is 0 Å². The normalized spacial score (nSPS) is 11.0. The second-order valence-electron chi connectivity index (χ2n) is 6.11. The number of rotatable bonds is 6. The van der Waals surface area contributed by atoms with E-state index in [0.717, 1.165) is 19.5 Å². The molecule has 0 aliphatic carbocycles. The van der Waals surface area contributed by atoms with Crippen LogP contribution in [0.2, 0.25) is 6.55 Å². The lowest BCUT2D eigenvalue weighted by molar-refractivity contribution is -0.124. The molecule has 0 saturated heterocycles. The Kier molecular flexibility index (Phi) is 6.04. The first-order chi connectivity index (χ1) is 13.3. The van der Waals surface area contributed by atoms with Crippen LogP contribution in [0.25, 0.3) is 25.9 Å². The Morgan fingerprint density at radius 3 is 2.39 bits per heavy atom. The standard InChI is InChI=1S/C20H20NO4S2Si/c1-4-20(24)21(28(3)25)12(2)16-7-9-18(26-16)19-10-8-17(27-19)14-11-13(22)5-6-15(14)23/h5-11,22-23,25H,2,4H2,1,3H3. The van der Waals surface area contributed by atoms with Crippen LogP contribution in [0.1, 0.15) is 18.2 Å². The van der Waals surface area contributed by atoms with Gasteiger partial charge in [-0.05, 0) is 49.0 Å². The molecule has 145 valence electrons. The zero-order chi connectivity index (χ0) is 20.4. The Labute approximate surface area is 173 Å². The lowest BCUT2D eigenvalue weighted by Crippen LogP contribution is -2.39. The zero-order valence-corrected chi connectivity index (χ0v) is 18.1. The van der Waals surface area contributed by atoms with Crippen molar-refractivity contribution in [2.75, 3.05) is 0 Å². The summed E-state index contributed by atoms with van der Waals surface area (Å²) in [4.78, 5) is 25.9. The fraction of sp³-hybridized carbons (Fsp3) is 0.150. The summed E-state index contributed by atoms with van der Waals surface area (Å²) in [5.41, 5.74) is 1.10. The molecule has 1 aromatic carbocycles. The molecule has 0 saturated carbocycles. The lowest BCUT2D eigenvalue weighted by Gasteiger charge is -2.24. The van der Waals surface area contributed by atoms with Gasteiger partial charge in [0.1, 0.15) is 11.5 Å². The monoisotopic (exact) mass is 430 g/mol. The van der Waals surface area contributed by atoms with Crippen molar-refractivity contribution in [2.45, 2.75) is 19.9 Å². The van der Waals surface area contributed by atoms with Crippen LogP contribution in [-0.2, 0) is 4.79 Å². The lowest BCUT2D eigenvalue weighted by atomic mass is 10.1. The molecule has 8 heteroatoms. The number of phenolic OH excluding ortho intramolecular Hbond substituents is 2. The van der Waals surface area contributed by atoms with Crippen LogP contribution in [0.5, 0.6) is 11.5 Å². The van der Waals surface area contributed by atoms with Crippen molar-refractivity contribution in [3.05, 3.63) is 53.9 Å². The number of thiophene rings is 2. The maximum atomic E-state index is 12.2. The third-order valence-corrected chi connectivity index (χ3v) is 7.75. The van der Waals surface area contributed by atoms with Gasteiger partial charge in [-0.1, -0.05) is 13.5 Å². The average Bonchev–Trinajstić information content (AvgIpc) is 3.32. The molecular weight excluding hydrogens is 410 g/mol. The molecule has 0 aliphatic heterocycles. The largest absolute Gasteiger partial charge is 0.508 e. The maximum absolute atomic E-state index is 12.2. The highest BCUT2D eigenvalue weighted by Gasteiger charge is 2.24. The molecule has 0 fully saturated rings. The molecule has 0 aliphatic rings. The van der Waals surface area contributed by atoms with Crippen molar-refractivity contribution >= 4 is 43.5 Å². The predicted octanol–water partition coefficient (Wildman–Crippen LogP) is 4.87. The molecule has 1 radical (unpaired) electrons. The van der Waals surface area contributed by atoms with Crippen molar-refractivity contribution in [1.82, 2.24) is 4.57 Å². The summed E-state index contributed by atoms with van der Waals surface area (Å²) in [6.07, 6.45) is 0.307. The fourth-order valence-corrected chi connectivity index (χ4v) is 5.96. The van der Waals surface area contributed by atoms with E-state index < -0.39 is 9.20 Å². The van der Waals surface area contributed by atoms with Crippen LogP contribution < -0.4 is 0 Å². The van der Waals surface area contributed by atoms with Crippen molar-refractivity contribution < 1.29 is 19.8 Å². The van der Waals surface area contributed by atoms with Crippen molar-refractivity contribution in [3.8, 4) is 31.7 Å². The number of phenols is 2. The van der Waals surface area contributed by atoms with Crippen LogP contribution in [0.4, 0.5) is 0 Å². The second kappa shape index (κ2) is 8.32. The van der Waals surface area contributed by atoms with Crippen LogP contribution in [0.3, 0.4) is 0 Å². The summed E-state index contributed by atoms with van der Waals surface area (Å²) in [5.74, 6) is 0.0664. The molecule has 3 N–H and O–H groups in total. The van der Waals surface area contributed by atoms with Gasteiger partial charge in [-0.25, -0.2) is 0 Å². The highest BCUT2D eigenvalue weighted by molar-refractivity contribution is 7.24. The summed E-state index contributed by atoms with van der Waals surface area (Å²) in [6.45, 7) is 7.43. The zero-order valence-electron chi connectivity index (χ0n) is 15.5. The summed E-state index contributed by atoms with van der Waals surface area (Å²) >= 11 is 2.99. The van der Waals surface area contributed by atoms with Crippen LogP contribution in [0.15, 0.2) is 49.0 Å². The van der Waals surface area contributed by atoms with E-state index in [4.69, 9.17) is 0 Å². The highest BCUT2D eigenvalue weighted by Crippen LogP contribution is 2.42. The molecule has 3 rings (SSSR count). The Hall–Kier alpha value is -2.39. The first-order valence-corrected chi connectivity index (χ1v) is 12.1. The van der Waals surface area contributed by atoms with Crippen molar-refractivity contribution in [3.63, 3.8) is 0 Å². The molecular formula is C20H20NO4S2Si. The minimum absolute atomic E-state index is 0.0966. The van der Waals surface area contributed by atoms with Crippen LogP contribution in [-0.4, -0.2) is 34.7 Å². The van der Waals surface area contributed by atoms with Gasteiger partial charge in [0.05, 0.1) is 4.88 Å². The van der Waals surface area contributed by atoms with Crippen molar-refractivity contribution in [1.29, 1.82) is 0 Å². The van der Waals surface area contributed by atoms with E-state index >= 15 is 0 Å². The van der Waals surface area contributed by atoms with Crippen LogP contribution >= 0.6 is 22.7 Å².